The van der Waals surface area contributed by atoms with Crippen LogP contribution >= 0.6 is 0 Å². The lowest BCUT2D eigenvalue weighted by Crippen LogP contribution is -2.23. The standard InChI is InChI=1S/C14H12FN5O3/c15-7-3-4-10-8(6-7)17-14(22-10)20-5-1-2-9(20)13-18-12(11(16)21)19-23-13/h3-4,6,9H,1-2,5H2,(H2,16,21)/t9-/m1/s1. The first-order valence-electron chi connectivity index (χ1n) is 7.08. The highest BCUT2D eigenvalue weighted by Crippen LogP contribution is 2.36. The van der Waals surface area contributed by atoms with Crippen LogP contribution in [0.15, 0.2) is 27.1 Å². The first-order chi connectivity index (χ1) is 11.1. The molecular weight excluding hydrogens is 305 g/mol. The molecule has 0 spiro atoms. The van der Waals surface area contributed by atoms with Crippen LogP contribution in [-0.4, -0.2) is 27.6 Å². The van der Waals surface area contributed by atoms with Crippen LogP contribution in [0.25, 0.3) is 11.1 Å². The third kappa shape index (κ3) is 2.30. The maximum Gasteiger partial charge on any atom is 0.299 e. The highest BCUT2D eigenvalue weighted by molar-refractivity contribution is 5.88. The van der Waals surface area contributed by atoms with Gasteiger partial charge in [0.1, 0.15) is 17.4 Å². The van der Waals surface area contributed by atoms with Crippen LogP contribution in [0.3, 0.4) is 0 Å². The Morgan fingerprint density at radius 2 is 2.26 bits per heavy atom. The van der Waals surface area contributed by atoms with E-state index in [1.54, 1.807) is 0 Å². The Hall–Kier alpha value is -2.97. The average molecular weight is 317 g/mol. The van der Waals surface area contributed by atoms with Crippen molar-refractivity contribution in [2.75, 3.05) is 11.4 Å². The zero-order chi connectivity index (χ0) is 16.0. The highest BCUT2D eigenvalue weighted by Gasteiger charge is 2.34. The van der Waals surface area contributed by atoms with Crippen LogP contribution in [0, 0.1) is 5.82 Å². The van der Waals surface area contributed by atoms with Gasteiger partial charge in [0.15, 0.2) is 5.58 Å². The maximum atomic E-state index is 13.3. The first-order valence-corrected chi connectivity index (χ1v) is 7.08. The molecule has 9 heteroatoms. The van der Waals surface area contributed by atoms with Crippen molar-refractivity contribution in [1.29, 1.82) is 0 Å². The smallest absolute Gasteiger partial charge is 0.299 e. The largest absolute Gasteiger partial charge is 0.423 e. The summed E-state index contributed by atoms with van der Waals surface area (Å²) in [4.78, 5) is 21.3. The number of carbonyl (C=O) groups excluding carboxylic acids is 1. The number of nitrogens with two attached hydrogens (primary N) is 1. The Bertz CT molecular complexity index is 890. The Morgan fingerprint density at radius 1 is 1.39 bits per heavy atom. The van der Waals surface area contributed by atoms with Gasteiger partial charge in [0.05, 0.1) is 0 Å². The molecule has 0 bridgehead atoms. The molecule has 1 saturated heterocycles. The fraction of sp³-hybridized carbons (Fsp3) is 0.286. The number of carbonyl (C=O) groups is 1. The van der Waals surface area contributed by atoms with E-state index < -0.39 is 5.91 Å². The zero-order valence-electron chi connectivity index (χ0n) is 11.9. The molecule has 0 unspecified atom stereocenters. The van der Waals surface area contributed by atoms with E-state index in [1.807, 2.05) is 4.90 Å². The Kier molecular flexibility index (Phi) is 3.00. The van der Waals surface area contributed by atoms with Gasteiger partial charge in [-0.3, -0.25) is 4.79 Å². The second kappa shape index (κ2) is 5.04. The van der Waals surface area contributed by atoms with Crippen molar-refractivity contribution in [2.24, 2.45) is 5.73 Å². The summed E-state index contributed by atoms with van der Waals surface area (Å²) < 4.78 is 24.1. The third-order valence-corrected chi connectivity index (χ3v) is 3.78. The van der Waals surface area contributed by atoms with E-state index in [0.717, 1.165) is 12.8 Å². The highest BCUT2D eigenvalue weighted by atomic mass is 19.1. The number of anilines is 1. The predicted molar refractivity (Wildman–Crippen MR) is 76.1 cm³/mol. The van der Waals surface area contributed by atoms with Gasteiger partial charge in [0.25, 0.3) is 17.7 Å². The van der Waals surface area contributed by atoms with Crippen LogP contribution in [0.1, 0.15) is 35.4 Å². The van der Waals surface area contributed by atoms with Gasteiger partial charge in [0, 0.05) is 12.6 Å². The zero-order valence-corrected chi connectivity index (χ0v) is 11.9. The predicted octanol–water partition coefficient (Wildman–Crippen LogP) is 1.79. The van der Waals surface area contributed by atoms with Crippen LogP contribution in [-0.2, 0) is 0 Å². The van der Waals surface area contributed by atoms with Crippen LogP contribution in [0.2, 0.25) is 0 Å². The van der Waals surface area contributed by atoms with Gasteiger partial charge < -0.3 is 19.6 Å². The Morgan fingerprint density at radius 3 is 3.04 bits per heavy atom. The van der Waals surface area contributed by atoms with Crippen molar-refractivity contribution in [3.8, 4) is 0 Å². The molecule has 0 aliphatic carbocycles. The third-order valence-electron chi connectivity index (χ3n) is 3.78. The summed E-state index contributed by atoms with van der Waals surface area (Å²) in [5, 5.41) is 3.55. The molecule has 1 amide bonds. The van der Waals surface area contributed by atoms with Crippen molar-refractivity contribution in [2.45, 2.75) is 18.9 Å². The number of halogens is 1. The lowest BCUT2D eigenvalue weighted by Gasteiger charge is -2.18. The molecule has 23 heavy (non-hydrogen) atoms. The second-order valence-electron chi connectivity index (χ2n) is 5.28. The molecule has 2 N–H and O–H groups in total. The molecular formula is C14H12FN5O3. The quantitative estimate of drug-likeness (QED) is 0.783. The van der Waals surface area contributed by atoms with Gasteiger partial charge in [-0.2, -0.15) is 9.97 Å². The summed E-state index contributed by atoms with van der Waals surface area (Å²) in [6.45, 7) is 0.675. The minimum Gasteiger partial charge on any atom is -0.423 e. The molecule has 3 heterocycles. The normalized spacial score (nSPS) is 18.0. The summed E-state index contributed by atoms with van der Waals surface area (Å²) in [6.07, 6.45) is 1.61. The first kappa shape index (κ1) is 13.7. The number of hydrogen-bond donors (Lipinski definition) is 1. The number of fused-ring (bicyclic) bond motifs is 1. The van der Waals surface area contributed by atoms with Gasteiger partial charge in [-0.15, -0.1) is 0 Å². The average Bonchev–Trinajstić information content (AvgIpc) is 3.24. The fourth-order valence-corrected chi connectivity index (χ4v) is 2.73. The van der Waals surface area contributed by atoms with Crippen LogP contribution in [0.5, 0.6) is 0 Å². The fourth-order valence-electron chi connectivity index (χ4n) is 2.73. The molecule has 8 nitrogen and oxygen atoms in total. The number of aromatic nitrogens is 3. The summed E-state index contributed by atoms with van der Waals surface area (Å²) in [5.74, 6) is -1.00. The van der Waals surface area contributed by atoms with Gasteiger partial charge in [-0.25, -0.2) is 4.39 Å². The Labute approximate surface area is 129 Å². The summed E-state index contributed by atoms with van der Waals surface area (Å²) in [5.41, 5.74) is 6.07. The number of oxazole rings is 1. The van der Waals surface area contributed by atoms with Crippen molar-refractivity contribution in [3.05, 3.63) is 35.7 Å². The lowest BCUT2D eigenvalue weighted by atomic mass is 10.2. The van der Waals surface area contributed by atoms with Crippen molar-refractivity contribution >= 4 is 23.0 Å². The molecule has 1 fully saturated rings. The number of amides is 1. The topological polar surface area (TPSA) is 111 Å². The van der Waals surface area contributed by atoms with E-state index in [0.29, 0.717) is 23.7 Å². The molecule has 1 aliphatic heterocycles. The number of primary amides is 1. The minimum atomic E-state index is -0.748. The number of rotatable bonds is 3. The molecule has 1 atom stereocenters. The van der Waals surface area contributed by atoms with E-state index in [9.17, 15) is 9.18 Å². The molecule has 0 radical (unpaired) electrons. The van der Waals surface area contributed by atoms with E-state index in [4.69, 9.17) is 14.7 Å². The van der Waals surface area contributed by atoms with Crippen molar-refractivity contribution in [1.82, 2.24) is 15.1 Å². The second-order valence-corrected chi connectivity index (χ2v) is 5.28. The molecule has 0 saturated carbocycles. The van der Waals surface area contributed by atoms with E-state index in [-0.39, 0.29) is 23.6 Å². The molecule has 4 rings (SSSR count). The van der Waals surface area contributed by atoms with E-state index in [2.05, 4.69) is 15.1 Å². The van der Waals surface area contributed by atoms with Gasteiger partial charge in [0.2, 0.25) is 5.89 Å². The lowest BCUT2D eigenvalue weighted by molar-refractivity contribution is 0.0987. The number of hydrogen-bond acceptors (Lipinski definition) is 7. The van der Waals surface area contributed by atoms with Gasteiger partial charge in [-0.1, -0.05) is 5.16 Å². The SMILES string of the molecule is NC(=O)c1noc([C@H]2CCCN2c2nc3cc(F)ccc3o2)n1. The van der Waals surface area contributed by atoms with Gasteiger partial charge >= 0.3 is 0 Å². The summed E-state index contributed by atoms with van der Waals surface area (Å²) >= 11 is 0. The monoisotopic (exact) mass is 317 g/mol. The molecule has 2 aromatic heterocycles. The van der Waals surface area contributed by atoms with E-state index >= 15 is 0 Å². The molecule has 118 valence electrons. The van der Waals surface area contributed by atoms with Crippen LogP contribution < -0.4 is 10.6 Å². The Balaban J connectivity index is 1.69. The summed E-state index contributed by atoms with van der Waals surface area (Å²) in [6, 6.07) is 4.26. The summed E-state index contributed by atoms with van der Waals surface area (Å²) in [7, 11) is 0. The molecule has 1 aromatic carbocycles. The van der Waals surface area contributed by atoms with Crippen LogP contribution in [0.4, 0.5) is 10.4 Å². The number of nitrogens with zero attached hydrogens (tertiary/aromatic N) is 4. The van der Waals surface area contributed by atoms with Crippen molar-refractivity contribution < 1.29 is 18.1 Å². The minimum absolute atomic E-state index is 0.161. The van der Waals surface area contributed by atoms with E-state index in [1.165, 1.54) is 18.2 Å². The molecule has 3 aromatic rings. The molecule has 1 aliphatic rings. The van der Waals surface area contributed by atoms with Crippen molar-refractivity contribution in [3.63, 3.8) is 0 Å². The van der Waals surface area contributed by atoms with Gasteiger partial charge in [-0.05, 0) is 25.0 Å². The number of benzene rings is 1. The maximum absolute atomic E-state index is 13.3.